The molecule has 4 amide bonds. The van der Waals surface area contributed by atoms with E-state index >= 15 is 0 Å². The van der Waals surface area contributed by atoms with Gasteiger partial charge in [0.2, 0.25) is 17.7 Å². The molecule has 1 unspecified atom stereocenters. The van der Waals surface area contributed by atoms with Gasteiger partial charge in [0, 0.05) is 35.5 Å². The molecule has 99 heavy (non-hydrogen) atoms. The molecule has 3 spiro atoms. The number of nitrogens with one attached hydrogen (secondary N) is 2. The zero-order chi connectivity index (χ0) is 70.4. The van der Waals surface area contributed by atoms with Gasteiger partial charge in [-0.05, 0) is 124 Å². The van der Waals surface area contributed by atoms with Crippen LogP contribution in [-0.2, 0) is 37.8 Å². The van der Waals surface area contributed by atoms with E-state index in [-0.39, 0.29) is 68.4 Å². The molecule has 0 aromatic heterocycles. The van der Waals surface area contributed by atoms with Crippen LogP contribution in [0.1, 0.15) is 131 Å². The number of carbonyl (C=O) groups is 5. The summed E-state index contributed by atoms with van der Waals surface area (Å²) in [4.78, 5) is 80.4. The number of fused-ring (bicyclic) bond motifs is 2. The van der Waals surface area contributed by atoms with E-state index in [1.807, 2.05) is 52.8 Å². The number of likely N-dealkylation sites (tertiary alicyclic amines) is 1. The maximum absolute atomic E-state index is 14.4. The van der Waals surface area contributed by atoms with Gasteiger partial charge in [0.25, 0.3) is 22.5 Å². The van der Waals surface area contributed by atoms with Crippen molar-refractivity contribution in [3.8, 4) is 0 Å². The number of benzene rings is 6. The number of hydrogen-bond acceptors (Lipinski definition) is 10. The first kappa shape index (κ1) is 71.1. The van der Waals surface area contributed by atoms with E-state index in [2.05, 4.69) is 266 Å². The lowest BCUT2D eigenvalue weighted by Gasteiger charge is -2.64. The van der Waals surface area contributed by atoms with Gasteiger partial charge in [-0.25, -0.2) is 4.79 Å². The first-order chi connectivity index (χ1) is 47.1. The minimum atomic E-state index is -2.97. The Balaban J connectivity index is 0.000000168. The number of carbonyl (C=O) groups excluding carboxylic acids is 5. The second-order valence-corrected chi connectivity index (χ2v) is 41.4. The molecule has 6 fully saturated rings. The molecule has 0 saturated carbocycles. The molecule has 9 aliphatic rings. The first-order valence-corrected chi connectivity index (χ1v) is 40.0. The quantitative estimate of drug-likeness (QED) is 0.0494. The van der Waals surface area contributed by atoms with Crippen molar-refractivity contribution in [3.63, 3.8) is 0 Å². The summed E-state index contributed by atoms with van der Waals surface area (Å²) < 4.78 is 15.7. The van der Waals surface area contributed by atoms with Crippen LogP contribution in [-0.4, -0.2) is 110 Å². The van der Waals surface area contributed by atoms with Crippen LogP contribution in [0.3, 0.4) is 0 Å². The maximum Gasteiger partial charge on any atom is 0.373 e. The van der Waals surface area contributed by atoms with Gasteiger partial charge in [-0.1, -0.05) is 263 Å². The zero-order valence-electron chi connectivity index (χ0n) is 59.6. The van der Waals surface area contributed by atoms with Crippen molar-refractivity contribution >= 4 is 78.7 Å². The second-order valence-electron chi connectivity index (χ2n) is 31.6. The third-order valence-corrected chi connectivity index (χ3v) is 34.2. The molecule has 6 saturated heterocycles. The molecule has 0 radical (unpaired) electrons. The van der Waals surface area contributed by atoms with Crippen LogP contribution < -0.4 is 31.4 Å². The lowest BCUT2D eigenvalue weighted by atomic mass is 9.53. The largest absolute Gasteiger partial charge is 0.402 e. The van der Waals surface area contributed by atoms with Gasteiger partial charge in [-0.15, -0.1) is 11.8 Å². The third-order valence-electron chi connectivity index (χ3n) is 23.0. The molecule has 2 bridgehead atoms. The Bertz CT molecular complexity index is 3970. The van der Waals surface area contributed by atoms with Crippen molar-refractivity contribution in [2.45, 2.75) is 170 Å². The van der Waals surface area contributed by atoms with Crippen molar-refractivity contribution in [1.29, 1.82) is 0 Å². The summed E-state index contributed by atoms with van der Waals surface area (Å²) in [5.41, 5.74) is -2.65. The molecule has 6 aromatic rings. The van der Waals surface area contributed by atoms with Crippen LogP contribution >= 0.6 is 11.8 Å². The van der Waals surface area contributed by atoms with E-state index in [0.717, 1.165) is 36.3 Å². The van der Waals surface area contributed by atoms with Crippen molar-refractivity contribution in [2.24, 2.45) is 28.1 Å². The van der Waals surface area contributed by atoms with Crippen molar-refractivity contribution in [2.75, 3.05) is 20.2 Å². The standard InChI is InChI=1S/C44H52N2O3SSi.C31H38N2O3Si.C8H8O3/c1-41(2,3)51(33-22-13-8-14-23-33,34-24-15-9-16-25-34)49-38-37(50-32-20-11-7-12-21-32)30-36-35(42(38,4)5)31-44(39(47)45-36)28-19-29-46(44)40(48)43(6)26-17-10-18-27-43;1-28(2,3)37(22-13-8-6-9-14-22,23-15-10-7-11-16-23)36-25-17-19-31-24(29(25,4)5)21-30(26(34)32-31)18-12-20-33(30)27(31)35;1-10-11-8(9)7-5-3-2-4-6-7/h7-9,11-18,20-27,30,35,37-38H,10,19,28-29,31H2,1-6H3,(H,45,47);6-11,13-17,19,24-25H,12,18,20-21H2,1-5H3,(H,32,34);2-6H,1H3/t35-,37-,38+,44+;24?,25-,30-,31-;/m01./s1. The van der Waals surface area contributed by atoms with Crippen LogP contribution in [0.4, 0.5) is 0 Å². The average molecular weight is 1380 g/mol. The number of amides is 4. The van der Waals surface area contributed by atoms with Crippen molar-refractivity contribution in [1.82, 2.24) is 20.4 Å². The Kier molecular flexibility index (Phi) is 19.6. The molecule has 16 heteroatoms. The second kappa shape index (κ2) is 27.3. The molecule has 3 aliphatic carbocycles. The summed E-state index contributed by atoms with van der Waals surface area (Å²) >= 11 is 1.81. The van der Waals surface area contributed by atoms with Crippen LogP contribution in [0.2, 0.25) is 10.1 Å². The number of hydrogen-bond donors (Lipinski definition) is 2. The topological polar surface area (TPSA) is 153 Å². The minimum absolute atomic E-state index is 0.0148. The molecule has 15 rings (SSSR count). The molecule has 8 atom stereocenters. The third kappa shape index (κ3) is 12.4. The summed E-state index contributed by atoms with van der Waals surface area (Å²) in [7, 11) is -4.47. The average Bonchev–Trinajstić information content (AvgIpc) is 1.67. The Morgan fingerprint density at radius 3 is 1.58 bits per heavy atom. The van der Waals surface area contributed by atoms with E-state index in [1.165, 1.54) is 27.9 Å². The maximum atomic E-state index is 14.4. The van der Waals surface area contributed by atoms with Crippen LogP contribution in [0.5, 0.6) is 0 Å². The highest BCUT2D eigenvalue weighted by Crippen LogP contribution is 2.60. The van der Waals surface area contributed by atoms with E-state index in [0.29, 0.717) is 37.9 Å². The van der Waals surface area contributed by atoms with Gasteiger partial charge in [0.15, 0.2) is 0 Å². The smallest absolute Gasteiger partial charge is 0.373 e. The summed E-state index contributed by atoms with van der Waals surface area (Å²) in [6.07, 6.45) is 19.3. The van der Waals surface area contributed by atoms with Gasteiger partial charge in [-0.3, -0.25) is 24.1 Å². The Labute approximate surface area is 592 Å². The molecule has 2 N–H and O–H groups in total. The summed E-state index contributed by atoms with van der Waals surface area (Å²) in [6, 6.07) is 62.3. The number of piperidine rings is 3. The van der Waals surface area contributed by atoms with E-state index in [1.54, 1.807) is 24.3 Å². The SMILES string of the molecule is CC1(C(=O)N2CCC[C@]23C[C@H]2C(=C[C@H](Sc4ccccc4)[C@@H](O[Si](c4ccccc4)(c4ccccc4)C(C)(C)C)C2(C)C)NC3=O)C=CCC=C1.CC1(C)C2C[C@@]34CCCN3C(=O)[C@]2(C=C[C@H]1O[Si](c1ccccc1)(c1ccccc1)C(C)(C)C)NC4=O.COOC(=O)c1ccccc1. The van der Waals surface area contributed by atoms with Gasteiger partial charge in [-0.2, -0.15) is 4.89 Å². The molecule has 6 heterocycles. The Hall–Kier alpha value is -7.71. The van der Waals surface area contributed by atoms with E-state index in [9.17, 15) is 24.0 Å². The monoisotopic (exact) mass is 1380 g/mol. The van der Waals surface area contributed by atoms with E-state index in [4.69, 9.17) is 8.85 Å². The van der Waals surface area contributed by atoms with Gasteiger partial charge >= 0.3 is 5.97 Å². The number of rotatable bonds is 13. The van der Waals surface area contributed by atoms with Gasteiger partial charge in [0.05, 0.1) is 35.5 Å². The van der Waals surface area contributed by atoms with Crippen molar-refractivity contribution < 1.29 is 42.6 Å². The first-order valence-electron chi connectivity index (χ1n) is 35.3. The lowest BCUT2D eigenvalue weighted by Crippen LogP contribution is -2.83. The fourth-order valence-electron chi connectivity index (χ4n) is 17.8. The highest BCUT2D eigenvalue weighted by Gasteiger charge is 2.73. The predicted octanol–water partition coefficient (Wildman–Crippen LogP) is 13.2. The van der Waals surface area contributed by atoms with E-state index < -0.39 is 50.1 Å². The molecule has 13 nitrogen and oxygen atoms in total. The molecule has 6 aliphatic heterocycles. The van der Waals surface area contributed by atoms with Gasteiger partial charge < -0.3 is 29.3 Å². The molecule has 6 aromatic carbocycles. The number of piperazine rings is 1. The highest BCUT2D eigenvalue weighted by molar-refractivity contribution is 8.00. The fraction of sp³-hybridized carbons (Fsp3) is 0.410. The molecular formula is C83H98N4O9SSi2. The van der Waals surface area contributed by atoms with Crippen LogP contribution in [0, 0.1) is 28.1 Å². The summed E-state index contributed by atoms with van der Waals surface area (Å²) in [6.45, 7) is 26.3. The van der Waals surface area contributed by atoms with Crippen LogP contribution in [0.15, 0.2) is 235 Å². The highest BCUT2D eigenvalue weighted by atomic mass is 32.2. The van der Waals surface area contributed by atoms with Gasteiger partial charge in [0.1, 0.15) is 16.6 Å². The molecular weight excluding hydrogens is 1290 g/mol. The number of thioether (sulfide) groups is 1. The predicted molar refractivity (Wildman–Crippen MR) is 398 cm³/mol. The molecule has 518 valence electrons. The van der Waals surface area contributed by atoms with Crippen molar-refractivity contribution in [3.05, 3.63) is 236 Å². The lowest BCUT2D eigenvalue weighted by molar-refractivity contribution is -0.216. The fourth-order valence-corrected chi connectivity index (χ4v) is 28.9. The Morgan fingerprint density at radius 1 is 0.576 bits per heavy atom. The summed E-state index contributed by atoms with van der Waals surface area (Å²) in [5, 5.41) is 11.2. The normalized spacial score (nSPS) is 26.8. The number of allylic oxidation sites excluding steroid dienone is 3. The van der Waals surface area contributed by atoms with Crippen LogP contribution in [0.25, 0.3) is 0 Å². The zero-order valence-corrected chi connectivity index (χ0v) is 62.4. The minimum Gasteiger partial charge on any atom is -0.402 e. The summed E-state index contributed by atoms with van der Waals surface area (Å²) in [5.74, 6) is -0.484. The Morgan fingerprint density at radius 2 is 1.06 bits per heavy atom. The number of nitrogens with zero attached hydrogens (tertiary/aromatic N) is 2.